The van der Waals surface area contributed by atoms with Gasteiger partial charge >= 0.3 is 12.2 Å². The van der Waals surface area contributed by atoms with Crippen LogP contribution in [0.5, 0.6) is 0 Å². The Morgan fingerprint density at radius 2 is 1.96 bits per heavy atom. The Morgan fingerprint density at radius 3 is 2.63 bits per heavy atom. The van der Waals surface area contributed by atoms with Gasteiger partial charge in [0.05, 0.1) is 11.3 Å². The molecule has 0 aliphatic heterocycles. The number of carbonyl (C=O) groups excluding carboxylic acids is 1. The highest BCUT2D eigenvalue weighted by Crippen LogP contribution is 2.35. The quantitative estimate of drug-likeness (QED) is 0.693. The minimum absolute atomic E-state index is 0.0113. The summed E-state index contributed by atoms with van der Waals surface area (Å²) in [6.07, 6.45) is -2.34. The van der Waals surface area contributed by atoms with Crippen molar-refractivity contribution in [2.75, 3.05) is 5.32 Å². The molecule has 6 nitrogen and oxygen atoms in total. The van der Waals surface area contributed by atoms with E-state index >= 15 is 0 Å². The molecule has 0 saturated carbocycles. The molecule has 2 N–H and O–H groups in total. The molecule has 0 bridgehead atoms. The molecule has 1 aromatic heterocycles. The molecule has 3 rings (SSSR count). The van der Waals surface area contributed by atoms with Gasteiger partial charge in [0.2, 0.25) is 0 Å². The van der Waals surface area contributed by atoms with E-state index in [2.05, 4.69) is 20.7 Å². The Hall–Kier alpha value is -3.07. The Balaban J connectivity index is 1.75. The maximum absolute atomic E-state index is 13.4. The number of nitrogens with one attached hydrogen (secondary N) is 2. The van der Waals surface area contributed by atoms with Crippen molar-refractivity contribution < 1.29 is 18.0 Å². The van der Waals surface area contributed by atoms with E-state index in [4.69, 9.17) is 11.6 Å². The molecule has 27 heavy (non-hydrogen) atoms. The molecule has 0 radical (unpaired) electrons. The second-order valence-corrected chi connectivity index (χ2v) is 5.88. The van der Waals surface area contributed by atoms with Gasteiger partial charge in [0.1, 0.15) is 12.7 Å². The largest absolute Gasteiger partial charge is 0.418 e. The normalized spacial score (nSPS) is 11.3. The zero-order chi connectivity index (χ0) is 19.4. The second-order valence-electron chi connectivity index (χ2n) is 5.47. The minimum Gasteiger partial charge on any atom is -0.334 e. The average Bonchev–Trinajstić information content (AvgIpc) is 3.15. The number of nitrogens with zero attached hydrogens (tertiary/aromatic N) is 3. The molecule has 0 atom stereocenters. The number of aromatic nitrogens is 3. The van der Waals surface area contributed by atoms with Crippen molar-refractivity contribution in [1.82, 2.24) is 20.1 Å². The summed E-state index contributed by atoms with van der Waals surface area (Å²) in [5.41, 5.74) is -0.464. The molecular formula is C17H13ClF3N5O. The summed E-state index contributed by atoms with van der Waals surface area (Å²) in [6.45, 7) is 0.134. The molecule has 0 aliphatic rings. The number of urea groups is 1. The van der Waals surface area contributed by atoms with Crippen molar-refractivity contribution in [3.8, 4) is 5.69 Å². The highest BCUT2D eigenvalue weighted by atomic mass is 35.5. The zero-order valence-corrected chi connectivity index (χ0v) is 14.4. The first-order chi connectivity index (χ1) is 12.8. The van der Waals surface area contributed by atoms with E-state index in [0.29, 0.717) is 10.6 Å². The fourth-order valence-corrected chi connectivity index (χ4v) is 2.57. The van der Waals surface area contributed by atoms with Crippen LogP contribution < -0.4 is 10.6 Å². The van der Waals surface area contributed by atoms with Crippen molar-refractivity contribution in [3.63, 3.8) is 0 Å². The van der Waals surface area contributed by atoms with Crippen LogP contribution in [0, 0.1) is 0 Å². The second kappa shape index (κ2) is 7.67. The number of anilines is 1. The van der Waals surface area contributed by atoms with Gasteiger partial charge in [0.15, 0.2) is 0 Å². The summed E-state index contributed by atoms with van der Waals surface area (Å²) < 4.78 is 41.1. The predicted molar refractivity (Wildman–Crippen MR) is 93.7 cm³/mol. The maximum Gasteiger partial charge on any atom is 0.418 e. The number of carbonyl (C=O) groups is 1. The van der Waals surface area contributed by atoms with E-state index in [1.54, 1.807) is 24.3 Å². The SMILES string of the molecule is O=C(NCc1ccccc1Cl)Nc1ccc(-n2cncn2)c(C(F)(F)F)c1. The number of benzene rings is 2. The van der Waals surface area contributed by atoms with Gasteiger partial charge in [0, 0.05) is 17.3 Å². The van der Waals surface area contributed by atoms with Crippen LogP contribution in [0.15, 0.2) is 55.1 Å². The van der Waals surface area contributed by atoms with E-state index in [9.17, 15) is 18.0 Å². The first-order valence-corrected chi connectivity index (χ1v) is 8.07. The lowest BCUT2D eigenvalue weighted by Crippen LogP contribution is -2.28. The molecule has 3 aromatic rings. The van der Waals surface area contributed by atoms with E-state index in [1.807, 2.05) is 0 Å². The van der Waals surface area contributed by atoms with E-state index in [0.717, 1.165) is 23.4 Å². The third-order valence-electron chi connectivity index (χ3n) is 3.62. The first-order valence-electron chi connectivity index (χ1n) is 7.69. The lowest BCUT2D eigenvalue weighted by atomic mass is 10.1. The van der Waals surface area contributed by atoms with Crippen molar-refractivity contribution in [1.29, 1.82) is 0 Å². The van der Waals surface area contributed by atoms with Gasteiger partial charge in [-0.1, -0.05) is 29.8 Å². The number of alkyl halides is 3. The maximum atomic E-state index is 13.4. The van der Waals surface area contributed by atoms with E-state index < -0.39 is 17.8 Å². The van der Waals surface area contributed by atoms with Crippen LogP contribution in [-0.4, -0.2) is 20.8 Å². The number of amides is 2. The van der Waals surface area contributed by atoms with Gasteiger partial charge in [0.25, 0.3) is 0 Å². The topological polar surface area (TPSA) is 71.8 Å². The summed E-state index contributed by atoms with van der Waals surface area (Å²) in [4.78, 5) is 15.6. The van der Waals surface area contributed by atoms with Crippen molar-refractivity contribution in [2.24, 2.45) is 0 Å². The molecule has 0 spiro atoms. The van der Waals surface area contributed by atoms with Crippen molar-refractivity contribution in [3.05, 3.63) is 71.3 Å². The lowest BCUT2D eigenvalue weighted by molar-refractivity contribution is -0.137. The van der Waals surface area contributed by atoms with E-state index in [-0.39, 0.29) is 17.9 Å². The summed E-state index contributed by atoms with van der Waals surface area (Å²) in [7, 11) is 0. The predicted octanol–water partition coefficient (Wildman–Crippen LogP) is 4.26. The molecule has 0 fully saturated rings. The summed E-state index contributed by atoms with van der Waals surface area (Å²) >= 11 is 6.00. The van der Waals surface area contributed by atoms with Crippen LogP contribution in [0.2, 0.25) is 5.02 Å². The highest BCUT2D eigenvalue weighted by molar-refractivity contribution is 6.31. The molecular weight excluding hydrogens is 383 g/mol. The number of halogens is 4. The van der Waals surface area contributed by atoms with Crippen LogP contribution in [0.1, 0.15) is 11.1 Å². The molecule has 1 heterocycles. The van der Waals surface area contributed by atoms with Crippen molar-refractivity contribution >= 4 is 23.3 Å². The molecule has 10 heteroatoms. The van der Waals surface area contributed by atoms with Gasteiger partial charge in [-0.15, -0.1) is 0 Å². The van der Waals surface area contributed by atoms with Crippen LogP contribution in [0.4, 0.5) is 23.7 Å². The molecule has 0 unspecified atom stereocenters. The first kappa shape index (κ1) is 18.7. The molecule has 140 valence electrons. The molecule has 0 aliphatic carbocycles. The summed E-state index contributed by atoms with van der Waals surface area (Å²) in [5.74, 6) is 0. The number of rotatable bonds is 4. The average molecular weight is 396 g/mol. The lowest BCUT2D eigenvalue weighted by Gasteiger charge is -2.15. The zero-order valence-electron chi connectivity index (χ0n) is 13.7. The fourth-order valence-electron chi connectivity index (χ4n) is 2.37. The minimum atomic E-state index is -4.63. The Morgan fingerprint density at radius 1 is 1.19 bits per heavy atom. The van der Waals surface area contributed by atoms with Gasteiger partial charge in [-0.3, -0.25) is 0 Å². The fraction of sp³-hybridized carbons (Fsp3) is 0.118. The van der Waals surface area contributed by atoms with Gasteiger partial charge in [-0.2, -0.15) is 18.3 Å². The third kappa shape index (κ3) is 4.56. The molecule has 2 amide bonds. The van der Waals surface area contributed by atoms with Crippen LogP contribution >= 0.6 is 11.6 Å². The Kier molecular flexibility index (Phi) is 5.31. The summed E-state index contributed by atoms with van der Waals surface area (Å²) in [6, 6.07) is 9.66. The van der Waals surface area contributed by atoms with Crippen LogP contribution in [0.25, 0.3) is 5.69 Å². The van der Waals surface area contributed by atoms with Gasteiger partial charge in [-0.05, 0) is 29.8 Å². The third-order valence-corrected chi connectivity index (χ3v) is 3.99. The van der Waals surface area contributed by atoms with Crippen LogP contribution in [-0.2, 0) is 12.7 Å². The summed E-state index contributed by atoms with van der Waals surface area (Å²) in [5, 5.41) is 9.12. The monoisotopic (exact) mass is 395 g/mol. The molecule has 2 aromatic carbocycles. The van der Waals surface area contributed by atoms with Gasteiger partial charge < -0.3 is 10.6 Å². The number of hydrogen-bond donors (Lipinski definition) is 2. The Labute approximate surface area is 157 Å². The van der Waals surface area contributed by atoms with Crippen LogP contribution in [0.3, 0.4) is 0 Å². The van der Waals surface area contributed by atoms with Crippen molar-refractivity contribution in [2.45, 2.75) is 12.7 Å². The smallest absolute Gasteiger partial charge is 0.334 e. The highest BCUT2D eigenvalue weighted by Gasteiger charge is 2.34. The standard InChI is InChI=1S/C17H13ClF3N5O/c18-14-4-2-1-3-11(14)8-23-16(27)25-12-5-6-15(26-10-22-9-24-26)13(7-12)17(19,20)21/h1-7,9-10H,8H2,(H2,23,25,27). The number of hydrogen-bond acceptors (Lipinski definition) is 3. The molecule has 0 saturated heterocycles. The van der Waals surface area contributed by atoms with E-state index in [1.165, 1.54) is 12.1 Å². The van der Waals surface area contributed by atoms with Gasteiger partial charge in [-0.25, -0.2) is 14.5 Å². The Bertz CT molecular complexity index is 944.